The van der Waals surface area contributed by atoms with Gasteiger partial charge in [0.25, 0.3) is 0 Å². The summed E-state index contributed by atoms with van der Waals surface area (Å²) in [5.41, 5.74) is 1.75. The number of hydrogen-bond acceptors (Lipinski definition) is 4. The maximum absolute atomic E-state index is 12.4. The standard InChI is InChI=1S/C17H23N5O2/c1-12(16(23)19-9-13-7-5-4-6-8-13)21-17(24)15(18-2)14-10-20-22(3)11-14/h4-8,10-12,15,18H,9H2,1-3H3,(H,19,23)(H,21,24). The lowest BCUT2D eigenvalue weighted by Gasteiger charge is -2.19. The molecule has 2 atom stereocenters. The molecule has 0 spiro atoms. The van der Waals surface area contributed by atoms with Crippen LogP contribution in [0.15, 0.2) is 42.7 Å². The largest absolute Gasteiger partial charge is 0.350 e. The third-order valence-corrected chi connectivity index (χ3v) is 3.67. The summed E-state index contributed by atoms with van der Waals surface area (Å²) in [5.74, 6) is -0.499. The Kier molecular flexibility index (Phi) is 6.08. The fourth-order valence-corrected chi connectivity index (χ4v) is 2.34. The summed E-state index contributed by atoms with van der Waals surface area (Å²) in [7, 11) is 3.48. The molecule has 2 amide bonds. The number of hydrogen-bond donors (Lipinski definition) is 3. The molecule has 0 saturated heterocycles. The first-order chi connectivity index (χ1) is 11.5. The summed E-state index contributed by atoms with van der Waals surface area (Å²) in [5, 5.41) is 12.5. The average molecular weight is 329 g/mol. The maximum Gasteiger partial charge on any atom is 0.242 e. The second-order valence-electron chi connectivity index (χ2n) is 5.60. The second-order valence-corrected chi connectivity index (χ2v) is 5.60. The molecule has 2 rings (SSSR count). The van der Waals surface area contributed by atoms with Gasteiger partial charge in [-0.15, -0.1) is 0 Å². The molecule has 0 saturated carbocycles. The number of amides is 2. The highest BCUT2D eigenvalue weighted by atomic mass is 16.2. The number of nitrogens with one attached hydrogen (secondary N) is 3. The van der Waals surface area contributed by atoms with E-state index in [0.717, 1.165) is 11.1 Å². The molecule has 24 heavy (non-hydrogen) atoms. The van der Waals surface area contributed by atoms with Gasteiger partial charge < -0.3 is 16.0 Å². The zero-order chi connectivity index (χ0) is 17.5. The lowest BCUT2D eigenvalue weighted by molar-refractivity contribution is -0.129. The van der Waals surface area contributed by atoms with E-state index in [1.165, 1.54) is 0 Å². The molecule has 1 aromatic carbocycles. The molecule has 1 aromatic heterocycles. The number of nitrogens with zero attached hydrogens (tertiary/aromatic N) is 2. The Morgan fingerprint density at radius 2 is 1.92 bits per heavy atom. The average Bonchev–Trinajstić information content (AvgIpc) is 3.00. The highest BCUT2D eigenvalue weighted by Gasteiger charge is 2.23. The molecule has 128 valence electrons. The molecule has 2 unspecified atom stereocenters. The summed E-state index contributed by atoms with van der Waals surface area (Å²) in [4.78, 5) is 24.5. The SMILES string of the molecule is CNC(C(=O)NC(C)C(=O)NCc1ccccc1)c1cnn(C)c1. The van der Waals surface area contributed by atoms with Gasteiger partial charge in [-0.25, -0.2) is 0 Å². The second kappa shape index (κ2) is 8.26. The van der Waals surface area contributed by atoms with Gasteiger partial charge in [-0.2, -0.15) is 5.10 Å². The number of benzene rings is 1. The summed E-state index contributed by atoms with van der Waals surface area (Å²) < 4.78 is 1.63. The van der Waals surface area contributed by atoms with Crippen molar-refractivity contribution in [3.63, 3.8) is 0 Å². The Morgan fingerprint density at radius 3 is 2.50 bits per heavy atom. The van der Waals surface area contributed by atoms with Gasteiger partial charge in [0, 0.05) is 25.4 Å². The number of carbonyl (C=O) groups is 2. The highest BCUT2D eigenvalue weighted by Crippen LogP contribution is 2.11. The predicted octanol–water partition coefficient (Wildman–Crippen LogP) is 0.502. The minimum Gasteiger partial charge on any atom is -0.350 e. The molecule has 3 N–H and O–H groups in total. The van der Waals surface area contributed by atoms with E-state index in [-0.39, 0.29) is 11.8 Å². The van der Waals surface area contributed by atoms with Crippen LogP contribution >= 0.6 is 0 Å². The molecular weight excluding hydrogens is 306 g/mol. The van der Waals surface area contributed by atoms with E-state index in [1.54, 1.807) is 38.1 Å². The Morgan fingerprint density at radius 1 is 1.21 bits per heavy atom. The van der Waals surface area contributed by atoms with Crippen LogP contribution in [-0.4, -0.2) is 34.7 Å². The van der Waals surface area contributed by atoms with Crippen molar-refractivity contribution in [3.8, 4) is 0 Å². The Bertz CT molecular complexity index is 683. The van der Waals surface area contributed by atoms with Crippen molar-refractivity contribution in [1.82, 2.24) is 25.7 Å². The number of carbonyl (C=O) groups excluding carboxylic acids is 2. The molecule has 1 heterocycles. The van der Waals surface area contributed by atoms with Crippen molar-refractivity contribution in [2.24, 2.45) is 7.05 Å². The molecule has 7 nitrogen and oxygen atoms in total. The van der Waals surface area contributed by atoms with Gasteiger partial charge in [-0.05, 0) is 19.5 Å². The van der Waals surface area contributed by atoms with E-state index in [1.807, 2.05) is 30.3 Å². The van der Waals surface area contributed by atoms with Crippen LogP contribution in [-0.2, 0) is 23.2 Å². The molecule has 0 aliphatic heterocycles. The van der Waals surface area contributed by atoms with Crippen LogP contribution in [0.2, 0.25) is 0 Å². The van der Waals surface area contributed by atoms with Gasteiger partial charge in [-0.1, -0.05) is 30.3 Å². The number of aromatic nitrogens is 2. The first-order valence-electron chi connectivity index (χ1n) is 7.79. The third kappa shape index (κ3) is 4.66. The van der Waals surface area contributed by atoms with Gasteiger partial charge in [0.05, 0.1) is 6.20 Å². The summed E-state index contributed by atoms with van der Waals surface area (Å²) in [6.07, 6.45) is 3.39. The van der Waals surface area contributed by atoms with E-state index in [2.05, 4.69) is 21.0 Å². The zero-order valence-electron chi connectivity index (χ0n) is 14.1. The van der Waals surface area contributed by atoms with Gasteiger partial charge in [0.1, 0.15) is 12.1 Å². The Hall–Kier alpha value is -2.67. The quantitative estimate of drug-likeness (QED) is 0.690. The highest BCUT2D eigenvalue weighted by molar-refractivity contribution is 5.90. The van der Waals surface area contributed by atoms with Crippen molar-refractivity contribution in [1.29, 1.82) is 0 Å². The fraction of sp³-hybridized carbons (Fsp3) is 0.353. The van der Waals surface area contributed by atoms with E-state index < -0.39 is 12.1 Å². The number of likely N-dealkylation sites (N-methyl/N-ethyl adjacent to an activating group) is 1. The van der Waals surface area contributed by atoms with Gasteiger partial charge >= 0.3 is 0 Å². The van der Waals surface area contributed by atoms with Crippen LogP contribution in [0, 0.1) is 0 Å². The normalized spacial score (nSPS) is 13.1. The van der Waals surface area contributed by atoms with Crippen molar-refractivity contribution in [2.45, 2.75) is 25.6 Å². The summed E-state index contributed by atoms with van der Waals surface area (Å²) >= 11 is 0. The molecule has 0 fully saturated rings. The summed E-state index contributed by atoms with van der Waals surface area (Å²) in [6.45, 7) is 2.09. The predicted molar refractivity (Wildman–Crippen MR) is 90.9 cm³/mol. The molecular formula is C17H23N5O2. The van der Waals surface area contributed by atoms with Crippen LogP contribution in [0.25, 0.3) is 0 Å². The van der Waals surface area contributed by atoms with Crippen LogP contribution in [0.5, 0.6) is 0 Å². The van der Waals surface area contributed by atoms with Crippen LogP contribution in [0.1, 0.15) is 24.1 Å². The molecule has 0 aliphatic rings. The van der Waals surface area contributed by atoms with Gasteiger partial charge in [0.2, 0.25) is 11.8 Å². The van der Waals surface area contributed by atoms with Gasteiger partial charge in [0.15, 0.2) is 0 Å². The first-order valence-corrected chi connectivity index (χ1v) is 7.79. The molecule has 7 heteroatoms. The molecule has 2 aromatic rings. The lowest BCUT2D eigenvalue weighted by atomic mass is 10.1. The van der Waals surface area contributed by atoms with E-state index in [4.69, 9.17) is 0 Å². The lowest BCUT2D eigenvalue weighted by Crippen LogP contribution is -2.47. The molecule has 0 aliphatic carbocycles. The maximum atomic E-state index is 12.4. The van der Waals surface area contributed by atoms with Crippen molar-refractivity contribution in [3.05, 3.63) is 53.9 Å². The Balaban J connectivity index is 1.88. The minimum absolute atomic E-state index is 0.228. The zero-order valence-corrected chi connectivity index (χ0v) is 14.1. The Labute approximate surface area is 141 Å². The minimum atomic E-state index is -0.631. The topological polar surface area (TPSA) is 88.1 Å². The van der Waals surface area contributed by atoms with Crippen molar-refractivity contribution < 1.29 is 9.59 Å². The number of rotatable bonds is 7. The molecule has 0 radical (unpaired) electrons. The van der Waals surface area contributed by atoms with Crippen molar-refractivity contribution in [2.75, 3.05) is 7.05 Å². The van der Waals surface area contributed by atoms with Crippen LogP contribution in [0.4, 0.5) is 0 Å². The number of aryl methyl sites for hydroxylation is 1. The van der Waals surface area contributed by atoms with E-state index in [0.29, 0.717) is 6.54 Å². The van der Waals surface area contributed by atoms with Gasteiger partial charge in [-0.3, -0.25) is 14.3 Å². The fourth-order valence-electron chi connectivity index (χ4n) is 2.34. The third-order valence-electron chi connectivity index (χ3n) is 3.67. The molecule has 0 bridgehead atoms. The first kappa shape index (κ1) is 17.7. The van der Waals surface area contributed by atoms with E-state index >= 15 is 0 Å². The van der Waals surface area contributed by atoms with Crippen molar-refractivity contribution >= 4 is 11.8 Å². The summed E-state index contributed by atoms with van der Waals surface area (Å²) in [6, 6.07) is 8.43. The van der Waals surface area contributed by atoms with Crippen LogP contribution < -0.4 is 16.0 Å². The van der Waals surface area contributed by atoms with Crippen LogP contribution in [0.3, 0.4) is 0 Å². The monoisotopic (exact) mass is 329 g/mol. The van der Waals surface area contributed by atoms with E-state index in [9.17, 15) is 9.59 Å². The smallest absolute Gasteiger partial charge is 0.242 e.